The molecule has 1 N–H and O–H groups in total. The maximum Gasteiger partial charge on any atom is 0.119 e. The number of aliphatic hydroxyl groups is 1. The number of hydrogen-bond donors (Lipinski definition) is 1. The molecule has 1 aromatic carbocycles. The highest BCUT2D eigenvalue weighted by Gasteiger charge is 2.14. The average Bonchev–Trinajstić information content (AvgIpc) is 2.98. The van der Waals surface area contributed by atoms with Crippen LogP contribution in [0.1, 0.15) is 56.3 Å². The maximum atomic E-state index is 9.73. The summed E-state index contributed by atoms with van der Waals surface area (Å²) in [6, 6.07) is 8.03. The van der Waals surface area contributed by atoms with Crippen LogP contribution in [-0.4, -0.2) is 22.8 Å². The molecule has 0 saturated carbocycles. The summed E-state index contributed by atoms with van der Waals surface area (Å²) in [4.78, 5) is 6.15. The molecule has 0 fully saturated rings. The minimum absolute atomic E-state index is 0.349. The molecule has 0 spiro atoms. The quantitative estimate of drug-likeness (QED) is 0.736. The van der Waals surface area contributed by atoms with E-state index in [0.29, 0.717) is 12.5 Å². The van der Waals surface area contributed by atoms with Crippen LogP contribution in [0.2, 0.25) is 0 Å². The van der Waals surface area contributed by atoms with Crippen molar-refractivity contribution in [2.75, 3.05) is 6.61 Å². The fourth-order valence-electron chi connectivity index (χ4n) is 2.40. The zero-order chi connectivity index (χ0) is 16.8. The fourth-order valence-corrected chi connectivity index (χ4v) is 3.43. The van der Waals surface area contributed by atoms with Crippen LogP contribution in [0.5, 0.6) is 5.75 Å². The second kappa shape index (κ2) is 8.46. The lowest BCUT2D eigenvalue weighted by atomic mass is 10.1. The van der Waals surface area contributed by atoms with Gasteiger partial charge in [-0.05, 0) is 37.1 Å². The lowest BCUT2D eigenvalue weighted by Crippen LogP contribution is -2.16. The van der Waals surface area contributed by atoms with Crippen molar-refractivity contribution in [1.29, 1.82) is 0 Å². The highest BCUT2D eigenvalue weighted by atomic mass is 32.1. The van der Waals surface area contributed by atoms with Crippen LogP contribution in [0.4, 0.5) is 0 Å². The van der Waals surface area contributed by atoms with E-state index in [9.17, 15) is 5.11 Å². The SMILES string of the molecule is CCCC(O)COc1ccc(-c2nc(C(C)C)sc2CC)cc1. The van der Waals surface area contributed by atoms with Gasteiger partial charge in [0.15, 0.2) is 0 Å². The molecule has 0 aliphatic heterocycles. The van der Waals surface area contributed by atoms with Gasteiger partial charge in [-0.25, -0.2) is 4.98 Å². The number of benzene rings is 1. The lowest BCUT2D eigenvalue weighted by Gasteiger charge is -2.11. The first kappa shape index (κ1) is 18.0. The normalized spacial score (nSPS) is 12.6. The van der Waals surface area contributed by atoms with Gasteiger partial charge in [-0.3, -0.25) is 0 Å². The summed E-state index contributed by atoms with van der Waals surface area (Å²) < 4.78 is 5.64. The second-order valence-corrected chi connectivity index (χ2v) is 7.23. The molecular weight excluding hydrogens is 306 g/mol. The van der Waals surface area contributed by atoms with Gasteiger partial charge in [-0.15, -0.1) is 11.3 Å². The number of hydrogen-bond acceptors (Lipinski definition) is 4. The fraction of sp³-hybridized carbons (Fsp3) is 0.526. The average molecular weight is 333 g/mol. The third kappa shape index (κ3) is 4.79. The molecule has 4 heteroatoms. The third-order valence-corrected chi connectivity index (χ3v) is 5.22. The number of aromatic nitrogens is 1. The molecule has 1 unspecified atom stereocenters. The number of thiazole rings is 1. The Morgan fingerprint density at radius 1 is 1.17 bits per heavy atom. The first-order chi connectivity index (χ1) is 11.0. The van der Waals surface area contributed by atoms with Crippen LogP contribution < -0.4 is 4.74 Å². The van der Waals surface area contributed by atoms with Crippen LogP contribution in [0.25, 0.3) is 11.3 Å². The van der Waals surface area contributed by atoms with Gasteiger partial charge >= 0.3 is 0 Å². The molecule has 3 nitrogen and oxygen atoms in total. The van der Waals surface area contributed by atoms with Crippen molar-refractivity contribution >= 4 is 11.3 Å². The van der Waals surface area contributed by atoms with E-state index in [1.54, 1.807) is 0 Å². The first-order valence-electron chi connectivity index (χ1n) is 8.46. The largest absolute Gasteiger partial charge is 0.491 e. The van der Waals surface area contributed by atoms with Crippen LogP contribution in [0.15, 0.2) is 24.3 Å². The molecule has 0 amide bonds. The van der Waals surface area contributed by atoms with Crippen molar-refractivity contribution in [2.24, 2.45) is 0 Å². The maximum absolute atomic E-state index is 9.73. The van der Waals surface area contributed by atoms with Crippen molar-refractivity contribution < 1.29 is 9.84 Å². The molecule has 0 bridgehead atoms. The van der Waals surface area contributed by atoms with E-state index in [-0.39, 0.29) is 0 Å². The Balaban J connectivity index is 2.10. The van der Waals surface area contributed by atoms with Crippen molar-refractivity contribution in [2.45, 2.75) is 59.0 Å². The summed E-state index contributed by atoms with van der Waals surface area (Å²) in [6.07, 6.45) is 2.35. The number of nitrogens with zero attached hydrogens (tertiary/aromatic N) is 1. The molecule has 0 aliphatic carbocycles. The molecule has 2 rings (SSSR count). The van der Waals surface area contributed by atoms with Gasteiger partial charge in [-0.2, -0.15) is 0 Å². The standard InChI is InChI=1S/C19H27NO2S/c1-5-7-15(21)12-22-16-10-8-14(9-11-16)18-17(6-2)23-19(20-18)13(3)4/h8-11,13,15,21H,5-7,12H2,1-4H3. The Morgan fingerprint density at radius 3 is 2.43 bits per heavy atom. The molecule has 126 valence electrons. The Hall–Kier alpha value is -1.39. The van der Waals surface area contributed by atoms with Crippen molar-refractivity contribution in [3.05, 3.63) is 34.2 Å². The van der Waals surface area contributed by atoms with Gasteiger partial charge in [0.2, 0.25) is 0 Å². The van der Waals surface area contributed by atoms with E-state index in [1.165, 1.54) is 9.88 Å². The van der Waals surface area contributed by atoms with Gasteiger partial charge < -0.3 is 9.84 Å². The summed E-state index contributed by atoms with van der Waals surface area (Å²) in [7, 11) is 0. The lowest BCUT2D eigenvalue weighted by molar-refractivity contribution is 0.0993. The van der Waals surface area contributed by atoms with E-state index in [0.717, 1.165) is 36.3 Å². The van der Waals surface area contributed by atoms with E-state index >= 15 is 0 Å². The number of aliphatic hydroxyl groups excluding tert-OH is 1. The minimum Gasteiger partial charge on any atom is -0.491 e. The van der Waals surface area contributed by atoms with Crippen molar-refractivity contribution in [3.63, 3.8) is 0 Å². The molecule has 1 heterocycles. The van der Waals surface area contributed by atoms with Crippen molar-refractivity contribution in [3.8, 4) is 17.0 Å². The highest BCUT2D eigenvalue weighted by Crippen LogP contribution is 2.32. The van der Waals surface area contributed by atoms with E-state index in [4.69, 9.17) is 9.72 Å². The predicted octanol–water partition coefficient (Wildman–Crippen LogP) is 5.04. The zero-order valence-corrected chi connectivity index (χ0v) is 15.3. The van der Waals surface area contributed by atoms with E-state index in [2.05, 4.69) is 39.8 Å². The second-order valence-electron chi connectivity index (χ2n) is 6.11. The Morgan fingerprint density at radius 2 is 1.87 bits per heavy atom. The Kier molecular flexibility index (Phi) is 6.60. The third-order valence-electron chi connectivity index (χ3n) is 3.72. The van der Waals surface area contributed by atoms with Gasteiger partial charge in [0.25, 0.3) is 0 Å². The van der Waals surface area contributed by atoms with Gasteiger partial charge in [0, 0.05) is 16.4 Å². The van der Waals surface area contributed by atoms with Crippen LogP contribution in [0, 0.1) is 0 Å². The van der Waals surface area contributed by atoms with Crippen LogP contribution >= 0.6 is 11.3 Å². The molecule has 2 aromatic rings. The van der Waals surface area contributed by atoms with Gasteiger partial charge in [0.1, 0.15) is 12.4 Å². The summed E-state index contributed by atoms with van der Waals surface area (Å²) in [5.41, 5.74) is 2.23. The smallest absolute Gasteiger partial charge is 0.119 e. The molecule has 0 saturated heterocycles. The predicted molar refractivity (Wildman–Crippen MR) is 97.4 cm³/mol. The van der Waals surface area contributed by atoms with E-state index in [1.807, 2.05) is 23.5 Å². The van der Waals surface area contributed by atoms with Gasteiger partial charge in [-0.1, -0.05) is 34.1 Å². The molecule has 0 radical (unpaired) electrons. The minimum atomic E-state index is -0.390. The topological polar surface area (TPSA) is 42.4 Å². The Labute approximate surface area is 143 Å². The summed E-state index contributed by atoms with van der Waals surface area (Å²) >= 11 is 1.81. The zero-order valence-electron chi connectivity index (χ0n) is 14.5. The summed E-state index contributed by atoms with van der Waals surface area (Å²) in [6.45, 7) is 8.94. The highest BCUT2D eigenvalue weighted by molar-refractivity contribution is 7.12. The molecular formula is C19H27NO2S. The molecule has 23 heavy (non-hydrogen) atoms. The monoisotopic (exact) mass is 333 g/mol. The number of aryl methyl sites for hydroxylation is 1. The molecule has 0 aliphatic rings. The Bertz CT molecular complexity index is 604. The number of ether oxygens (including phenoxy) is 1. The van der Waals surface area contributed by atoms with E-state index < -0.39 is 6.10 Å². The summed E-state index contributed by atoms with van der Waals surface area (Å²) in [5.74, 6) is 1.25. The van der Waals surface area contributed by atoms with Crippen molar-refractivity contribution in [1.82, 2.24) is 4.98 Å². The first-order valence-corrected chi connectivity index (χ1v) is 9.27. The molecule has 1 aromatic heterocycles. The summed E-state index contributed by atoms with van der Waals surface area (Å²) in [5, 5.41) is 10.9. The van der Waals surface area contributed by atoms with Gasteiger partial charge in [0.05, 0.1) is 16.8 Å². The number of rotatable bonds is 8. The molecule has 1 atom stereocenters. The van der Waals surface area contributed by atoms with Crippen LogP contribution in [0.3, 0.4) is 0 Å². The van der Waals surface area contributed by atoms with Crippen LogP contribution in [-0.2, 0) is 6.42 Å².